The van der Waals surface area contributed by atoms with Crippen molar-refractivity contribution in [2.24, 2.45) is 0 Å². The summed E-state index contributed by atoms with van der Waals surface area (Å²) in [5.74, 6) is 0.0345. The van der Waals surface area contributed by atoms with E-state index >= 15 is 0 Å². The van der Waals surface area contributed by atoms with Gasteiger partial charge in [0.2, 0.25) is 0 Å². The predicted molar refractivity (Wildman–Crippen MR) is 84.4 cm³/mol. The van der Waals surface area contributed by atoms with Crippen molar-refractivity contribution in [3.8, 4) is 0 Å². The van der Waals surface area contributed by atoms with Crippen LogP contribution in [0, 0.1) is 6.92 Å². The fourth-order valence-corrected chi connectivity index (χ4v) is 2.68. The van der Waals surface area contributed by atoms with Gasteiger partial charge in [-0.05, 0) is 36.8 Å². The minimum atomic E-state index is 0.0345. The smallest absolute Gasteiger partial charge is 0.272 e. The summed E-state index contributed by atoms with van der Waals surface area (Å²) in [6, 6.07) is 9.65. The fraction of sp³-hybridized carbons (Fsp3) is 0.353. The Morgan fingerprint density at radius 3 is 2.50 bits per heavy atom. The van der Waals surface area contributed by atoms with Crippen molar-refractivity contribution < 1.29 is 4.79 Å². The van der Waals surface area contributed by atoms with Crippen LogP contribution in [0.15, 0.2) is 42.7 Å². The molecular formula is C17H20N4O. The molecule has 0 saturated carbocycles. The molecule has 1 fully saturated rings. The Morgan fingerprint density at radius 2 is 1.82 bits per heavy atom. The number of hydrogen-bond donors (Lipinski definition) is 0. The maximum Gasteiger partial charge on any atom is 0.272 e. The molecule has 1 aliphatic rings. The van der Waals surface area contributed by atoms with E-state index in [1.54, 1.807) is 6.07 Å². The molecule has 5 heteroatoms. The molecule has 2 aromatic rings. The molecule has 1 aliphatic heterocycles. The first-order chi connectivity index (χ1) is 10.7. The zero-order valence-electron chi connectivity index (χ0n) is 12.8. The van der Waals surface area contributed by atoms with Crippen LogP contribution in [0.5, 0.6) is 0 Å². The highest BCUT2D eigenvalue weighted by Gasteiger charge is 2.22. The van der Waals surface area contributed by atoms with E-state index in [-0.39, 0.29) is 5.91 Å². The normalized spacial score (nSPS) is 15.8. The van der Waals surface area contributed by atoms with Gasteiger partial charge in [-0.25, -0.2) is 4.98 Å². The summed E-state index contributed by atoms with van der Waals surface area (Å²) in [7, 11) is 0. The highest BCUT2D eigenvalue weighted by atomic mass is 16.2. The van der Waals surface area contributed by atoms with Gasteiger partial charge in [-0.2, -0.15) is 0 Å². The van der Waals surface area contributed by atoms with Crippen LogP contribution >= 0.6 is 0 Å². The Balaban J connectivity index is 1.56. The van der Waals surface area contributed by atoms with Gasteiger partial charge in [0.25, 0.3) is 5.91 Å². The van der Waals surface area contributed by atoms with Crippen molar-refractivity contribution in [3.05, 3.63) is 59.7 Å². The molecule has 22 heavy (non-hydrogen) atoms. The lowest BCUT2D eigenvalue weighted by Crippen LogP contribution is -2.48. The number of carbonyl (C=O) groups excluding carboxylic acids is 1. The molecule has 3 heterocycles. The summed E-state index contributed by atoms with van der Waals surface area (Å²) >= 11 is 0. The highest BCUT2D eigenvalue weighted by molar-refractivity contribution is 5.92. The molecule has 0 spiro atoms. The first kappa shape index (κ1) is 14.7. The standard InChI is InChI=1S/C17H20N4O/c1-14-3-2-4-16(19-14)17(22)21-11-9-20(10-12-21)13-15-5-7-18-8-6-15/h2-8H,9-13H2,1H3. The number of piperazine rings is 1. The third-order valence-electron chi connectivity index (χ3n) is 3.92. The average molecular weight is 296 g/mol. The second-order valence-electron chi connectivity index (χ2n) is 5.59. The van der Waals surface area contributed by atoms with Crippen molar-refractivity contribution >= 4 is 5.91 Å². The van der Waals surface area contributed by atoms with E-state index in [1.165, 1.54) is 5.56 Å². The molecule has 0 unspecified atom stereocenters. The maximum absolute atomic E-state index is 12.5. The second-order valence-corrected chi connectivity index (χ2v) is 5.59. The molecule has 0 radical (unpaired) electrons. The van der Waals surface area contributed by atoms with Crippen LogP contribution in [0.2, 0.25) is 0 Å². The maximum atomic E-state index is 12.5. The molecule has 0 bridgehead atoms. The van der Waals surface area contributed by atoms with E-state index in [4.69, 9.17) is 0 Å². The number of amides is 1. The van der Waals surface area contributed by atoms with Gasteiger partial charge in [0.1, 0.15) is 5.69 Å². The third-order valence-corrected chi connectivity index (χ3v) is 3.92. The number of hydrogen-bond acceptors (Lipinski definition) is 4. The van der Waals surface area contributed by atoms with Crippen molar-refractivity contribution in [1.82, 2.24) is 19.8 Å². The topological polar surface area (TPSA) is 49.3 Å². The van der Waals surface area contributed by atoms with E-state index in [2.05, 4.69) is 14.9 Å². The van der Waals surface area contributed by atoms with E-state index in [1.807, 2.05) is 48.5 Å². The zero-order valence-corrected chi connectivity index (χ0v) is 12.8. The Morgan fingerprint density at radius 1 is 1.09 bits per heavy atom. The largest absolute Gasteiger partial charge is 0.335 e. The highest BCUT2D eigenvalue weighted by Crippen LogP contribution is 2.10. The van der Waals surface area contributed by atoms with Gasteiger partial charge in [-0.1, -0.05) is 6.07 Å². The summed E-state index contributed by atoms with van der Waals surface area (Å²) in [5.41, 5.74) is 2.68. The summed E-state index contributed by atoms with van der Waals surface area (Å²) < 4.78 is 0. The molecule has 0 aliphatic carbocycles. The molecule has 3 rings (SSSR count). The quantitative estimate of drug-likeness (QED) is 0.866. The zero-order chi connectivity index (χ0) is 15.4. The summed E-state index contributed by atoms with van der Waals surface area (Å²) in [6.45, 7) is 6.09. The molecule has 0 N–H and O–H groups in total. The number of aryl methyl sites for hydroxylation is 1. The predicted octanol–water partition coefficient (Wildman–Crippen LogP) is 1.74. The van der Waals surface area contributed by atoms with E-state index < -0.39 is 0 Å². The average Bonchev–Trinajstić information content (AvgIpc) is 2.56. The van der Waals surface area contributed by atoms with Crippen molar-refractivity contribution in [2.45, 2.75) is 13.5 Å². The Bertz CT molecular complexity index is 636. The molecule has 0 aromatic carbocycles. The van der Waals surface area contributed by atoms with Gasteiger partial charge in [0, 0.05) is 50.8 Å². The number of nitrogens with zero attached hydrogens (tertiary/aromatic N) is 4. The molecule has 2 aromatic heterocycles. The van der Waals surface area contributed by atoms with Crippen LogP contribution < -0.4 is 0 Å². The molecular weight excluding hydrogens is 276 g/mol. The van der Waals surface area contributed by atoms with E-state index in [9.17, 15) is 4.79 Å². The van der Waals surface area contributed by atoms with Crippen LogP contribution in [0.25, 0.3) is 0 Å². The molecule has 114 valence electrons. The van der Waals surface area contributed by atoms with Crippen LogP contribution in [0.4, 0.5) is 0 Å². The molecule has 5 nitrogen and oxygen atoms in total. The lowest BCUT2D eigenvalue weighted by molar-refractivity contribution is 0.0622. The molecule has 1 saturated heterocycles. The van der Waals surface area contributed by atoms with Gasteiger partial charge in [-0.15, -0.1) is 0 Å². The lowest BCUT2D eigenvalue weighted by Gasteiger charge is -2.34. The first-order valence-corrected chi connectivity index (χ1v) is 7.56. The number of rotatable bonds is 3. The van der Waals surface area contributed by atoms with Gasteiger partial charge >= 0.3 is 0 Å². The molecule has 1 amide bonds. The Hall–Kier alpha value is -2.27. The van der Waals surface area contributed by atoms with Gasteiger partial charge in [-0.3, -0.25) is 14.7 Å². The summed E-state index contributed by atoms with van der Waals surface area (Å²) in [4.78, 5) is 25.1. The van der Waals surface area contributed by atoms with Gasteiger partial charge in [0.05, 0.1) is 0 Å². The Kier molecular flexibility index (Phi) is 4.44. The Labute approximate surface area is 130 Å². The number of aromatic nitrogens is 2. The minimum absolute atomic E-state index is 0.0345. The second kappa shape index (κ2) is 6.66. The van der Waals surface area contributed by atoms with E-state index in [0.717, 1.165) is 38.4 Å². The number of pyridine rings is 2. The van der Waals surface area contributed by atoms with Crippen molar-refractivity contribution in [1.29, 1.82) is 0 Å². The van der Waals surface area contributed by atoms with Crippen LogP contribution in [-0.2, 0) is 6.54 Å². The molecule has 0 atom stereocenters. The van der Waals surface area contributed by atoms with Crippen LogP contribution in [-0.4, -0.2) is 51.9 Å². The van der Waals surface area contributed by atoms with Crippen LogP contribution in [0.1, 0.15) is 21.7 Å². The SMILES string of the molecule is Cc1cccc(C(=O)N2CCN(Cc3ccncc3)CC2)n1. The third kappa shape index (κ3) is 3.49. The van der Waals surface area contributed by atoms with E-state index in [0.29, 0.717) is 5.69 Å². The van der Waals surface area contributed by atoms with Crippen molar-refractivity contribution in [2.75, 3.05) is 26.2 Å². The number of carbonyl (C=O) groups is 1. The van der Waals surface area contributed by atoms with Gasteiger partial charge in [0.15, 0.2) is 0 Å². The monoisotopic (exact) mass is 296 g/mol. The lowest BCUT2D eigenvalue weighted by atomic mass is 10.2. The first-order valence-electron chi connectivity index (χ1n) is 7.56. The summed E-state index contributed by atoms with van der Waals surface area (Å²) in [6.07, 6.45) is 3.64. The van der Waals surface area contributed by atoms with Crippen LogP contribution in [0.3, 0.4) is 0 Å². The van der Waals surface area contributed by atoms with Crippen molar-refractivity contribution in [3.63, 3.8) is 0 Å². The summed E-state index contributed by atoms with van der Waals surface area (Å²) in [5, 5.41) is 0. The van der Waals surface area contributed by atoms with Gasteiger partial charge < -0.3 is 4.90 Å². The fourth-order valence-electron chi connectivity index (χ4n) is 2.68. The minimum Gasteiger partial charge on any atom is -0.335 e.